The summed E-state index contributed by atoms with van der Waals surface area (Å²) in [5, 5.41) is 11.4. The molecule has 0 aliphatic carbocycles. The summed E-state index contributed by atoms with van der Waals surface area (Å²) in [5.41, 5.74) is 1.06. The van der Waals surface area contributed by atoms with Crippen molar-refractivity contribution in [2.45, 2.75) is 0 Å². The highest BCUT2D eigenvalue weighted by molar-refractivity contribution is 9.10. The molecule has 0 saturated carbocycles. The topological polar surface area (TPSA) is 79.5 Å². The lowest BCUT2D eigenvalue weighted by Gasteiger charge is -2.03. The van der Waals surface area contributed by atoms with Gasteiger partial charge in [-0.05, 0) is 40.2 Å². The van der Waals surface area contributed by atoms with Gasteiger partial charge in [-0.2, -0.15) is 0 Å². The molecule has 2 rings (SSSR count). The molecule has 0 unspecified atom stereocenters. The number of carbonyl (C=O) groups is 2. The number of carboxylic acid groups (broad SMARTS) is 1. The van der Waals surface area contributed by atoms with Crippen LogP contribution in [0.3, 0.4) is 0 Å². The van der Waals surface area contributed by atoms with Gasteiger partial charge in [0.25, 0.3) is 5.91 Å². The van der Waals surface area contributed by atoms with E-state index in [1.54, 1.807) is 6.07 Å². The summed E-state index contributed by atoms with van der Waals surface area (Å²) in [5.74, 6) is -1.33. The minimum atomic E-state index is -1.01. The maximum atomic E-state index is 11.7. The second-order valence-electron chi connectivity index (χ2n) is 3.48. The smallest absolute Gasteiger partial charge is 0.335 e. The largest absolute Gasteiger partial charge is 0.478 e. The Morgan fingerprint density at radius 1 is 1.17 bits per heavy atom. The molecule has 1 amide bonds. The molecule has 1 heterocycles. The highest BCUT2D eigenvalue weighted by Gasteiger charge is 2.09. The first-order valence-electron chi connectivity index (χ1n) is 4.95. The van der Waals surface area contributed by atoms with E-state index in [0.29, 0.717) is 15.9 Å². The van der Waals surface area contributed by atoms with E-state index in [9.17, 15) is 9.59 Å². The van der Waals surface area contributed by atoms with Gasteiger partial charge in [0.05, 0.1) is 11.1 Å². The molecule has 0 spiro atoms. The van der Waals surface area contributed by atoms with E-state index in [0.717, 1.165) is 0 Å². The van der Waals surface area contributed by atoms with Crippen molar-refractivity contribution in [3.63, 3.8) is 0 Å². The minimum Gasteiger partial charge on any atom is -0.478 e. The Morgan fingerprint density at radius 3 is 2.33 bits per heavy atom. The maximum absolute atomic E-state index is 11.7. The molecule has 92 valence electrons. The average molecular weight is 310 g/mol. The highest BCUT2D eigenvalue weighted by atomic mass is 79.9. The first kappa shape index (κ1) is 12.4. The lowest BCUT2D eigenvalue weighted by molar-refractivity contribution is 0.0696. The number of carboxylic acids is 1. The van der Waals surface area contributed by atoms with Crippen LogP contribution in [-0.4, -0.2) is 17.0 Å². The summed E-state index contributed by atoms with van der Waals surface area (Å²) in [6.45, 7) is 0. The second-order valence-corrected chi connectivity index (χ2v) is 4.26. The molecule has 0 radical (unpaired) electrons. The van der Waals surface area contributed by atoms with Gasteiger partial charge >= 0.3 is 5.97 Å². The molecule has 0 atom stereocenters. The van der Waals surface area contributed by atoms with E-state index >= 15 is 0 Å². The first-order valence-corrected chi connectivity index (χ1v) is 5.74. The molecule has 0 bridgehead atoms. The number of amides is 1. The van der Waals surface area contributed by atoms with Gasteiger partial charge in [0.1, 0.15) is 6.26 Å². The number of hydrogen-bond donors (Lipinski definition) is 2. The normalized spacial score (nSPS) is 10.1. The summed E-state index contributed by atoms with van der Waals surface area (Å²) in [6, 6.07) is 7.43. The number of halogens is 1. The monoisotopic (exact) mass is 309 g/mol. The van der Waals surface area contributed by atoms with Crippen LogP contribution in [0.2, 0.25) is 0 Å². The molecule has 0 fully saturated rings. The molecular weight excluding hydrogens is 302 g/mol. The Labute approximate surface area is 111 Å². The first-order chi connectivity index (χ1) is 8.56. The average Bonchev–Trinajstić information content (AvgIpc) is 2.76. The van der Waals surface area contributed by atoms with Crippen LogP contribution in [0.25, 0.3) is 0 Å². The van der Waals surface area contributed by atoms with Crippen LogP contribution in [0.15, 0.2) is 45.7 Å². The van der Waals surface area contributed by atoms with Crippen LogP contribution < -0.4 is 5.32 Å². The summed E-state index contributed by atoms with van der Waals surface area (Å²) < 4.78 is 5.42. The molecule has 0 aliphatic heterocycles. The van der Waals surface area contributed by atoms with E-state index in [1.165, 1.54) is 30.5 Å². The van der Waals surface area contributed by atoms with Gasteiger partial charge in [-0.3, -0.25) is 4.79 Å². The number of hydrogen-bond acceptors (Lipinski definition) is 3. The molecule has 1 aromatic heterocycles. The summed E-state index contributed by atoms with van der Waals surface area (Å²) in [4.78, 5) is 22.4. The van der Waals surface area contributed by atoms with Crippen LogP contribution >= 0.6 is 15.9 Å². The van der Waals surface area contributed by atoms with Gasteiger partial charge in [-0.15, -0.1) is 0 Å². The zero-order valence-corrected chi connectivity index (χ0v) is 10.6. The fraction of sp³-hybridized carbons (Fsp3) is 0. The van der Waals surface area contributed by atoms with Crippen LogP contribution in [0.1, 0.15) is 20.7 Å². The van der Waals surface area contributed by atoms with Gasteiger partial charge in [-0.1, -0.05) is 0 Å². The zero-order valence-electron chi connectivity index (χ0n) is 9.01. The third-order valence-corrected chi connectivity index (χ3v) is 2.64. The van der Waals surface area contributed by atoms with Gasteiger partial charge in [0.2, 0.25) is 0 Å². The van der Waals surface area contributed by atoms with Crippen molar-refractivity contribution in [3.05, 3.63) is 52.4 Å². The van der Waals surface area contributed by atoms with E-state index in [-0.39, 0.29) is 11.5 Å². The van der Waals surface area contributed by atoms with Crippen molar-refractivity contribution in [1.82, 2.24) is 0 Å². The third kappa shape index (κ3) is 2.78. The van der Waals surface area contributed by atoms with Crippen LogP contribution in [0, 0.1) is 0 Å². The molecule has 1 aromatic carbocycles. The van der Waals surface area contributed by atoms with Crippen LogP contribution in [0.5, 0.6) is 0 Å². The second kappa shape index (κ2) is 5.05. The van der Waals surface area contributed by atoms with E-state index in [4.69, 9.17) is 9.52 Å². The number of rotatable bonds is 3. The highest BCUT2D eigenvalue weighted by Crippen LogP contribution is 2.16. The van der Waals surface area contributed by atoms with Crippen molar-refractivity contribution in [2.75, 3.05) is 5.32 Å². The van der Waals surface area contributed by atoms with E-state index in [1.807, 2.05) is 0 Å². The molecule has 2 N–H and O–H groups in total. The van der Waals surface area contributed by atoms with Gasteiger partial charge < -0.3 is 14.8 Å². The molecule has 18 heavy (non-hydrogen) atoms. The predicted octanol–water partition coefficient (Wildman–Crippen LogP) is 2.99. The number of benzene rings is 1. The number of furan rings is 1. The lowest BCUT2D eigenvalue weighted by atomic mass is 10.2. The summed E-state index contributed by atoms with van der Waals surface area (Å²) >= 11 is 3.10. The van der Waals surface area contributed by atoms with Crippen molar-refractivity contribution >= 4 is 33.5 Å². The quantitative estimate of drug-likeness (QED) is 0.913. The van der Waals surface area contributed by atoms with Gasteiger partial charge in [-0.25, -0.2) is 4.79 Å². The van der Waals surface area contributed by atoms with Crippen LogP contribution in [-0.2, 0) is 0 Å². The van der Waals surface area contributed by atoms with Gasteiger partial charge in [0, 0.05) is 11.8 Å². The third-order valence-electron chi connectivity index (χ3n) is 2.22. The Bertz CT molecular complexity index is 588. The zero-order chi connectivity index (χ0) is 13.1. The Hall–Kier alpha value is -2.08. The minimum absolute atomic E-state index is 0.166. The molecule has 0 aliphatic rings. The Balaban J connectivity index is 2.10. The molecule has 6 heteroatoms. The van der Waals surface area contributed by atoms with E-state index < -0.39 is 5.97 Å². The van der Waals surface area contributed by atoms with E-state index in [2.05, 4.69) is 21.2 Å². The number of aromatic carboxylic acids is 1. The SMILES string of the molecule is O=C(O)c1ccc(NC(=O)c2coc(Br)c2)cc1. The maximum Gasteiger partial charge on any atom is 0.335 e. The van der Waals surface area contributed by atoms with Crippen molar-refractivity contribution in [3.8, 4) is 0 Å². The molecule has 0 saturated heterocycles. The Morgan fingerprint density at radius 2 is 1.83 bits per heavy atom. The van der Waals surface area contributed by atoms with Crippen molar-refractivity contribution in [1.29, 1.82) is 0 Å². The predicted molar refractivity (Wildman–Crippen MR) is 67.8 cm³/mol. The fourth-order valence-electron chi connectivity index (χ4n) is 1.33. The number of anilines is 1. The Kier molecular flexibility index (Phi) is 3.47. The molecule has 2 aromatic rings. The van der Waals surface area contributed by atoms with Crippen molar-refractivity contribution < 1.29 is 19.1 Å². The summed E-state index contributed by atoms with van der Waals surface area (Å²) in [6.07, 6.45) is 1.32. The van der Waals surface area contributed by atoms with Gasteiger partial charge in [0.15, 0.2) is 4.67 Å². The number of carbonyl (C=O) groups excluding carboxylic acids is 1. The fourth-order valence-corrected chi connectivity index (χ4v) is 1.67. The van der Waals surface area contributed by atoms with Crippen LogP contribution in [0.4, 0.5) is 5.69 Å². The lowest BCUT2D eigenvalue weighted by Crippen LogP contribution is -2.10. The standard InChI is InChI=1S/C12H8BrNO4/c13-10-5-8(6-18-10)11(15)14-9-3-1-7(2-4-9)12(16)17/h1-6H,(H,14,15)(H,16,17). The molecule has 5 nitrogen and oxygen atoms in total. The number of nitrogens with one attached hydrogen (secondary N) is 1. The molecular formula is C12H8BrNO4. The summed E-state index contributed by atoms with van der Waals surface area (Å²) in [7, 11) is 0. The van der Waals surface area contributed by atoms with Crippen molar-refractivity contribution in [2.24, 2.45) is 0 Å².